The fourth-order valence-electron chi connectivity index (χ4n) is 3.57. The van der Waals surface area contributed by atoms with Crippen LogP contribution in [-0.2, 0) is 4.79 Å². The fourth-order valence-corrected chi connectivity index (χ4v) is 4.78. The van der Waals surface area contributed by atoms with Gasteiger partial charge in [-0.05, 0) is 38.8 Å². The molecule has 0 radical (unpaired) electrons. The lowest BCUT2D eigenvalue weighted by molar-refractivity contribution is -0.117. The standard InChI is InChI=1S/C22H21N5O2S/c1-12-14(3)30-22-19(12)20(23-13(2)21-25-24-15(4)27(21)22)17-10-8-16(9-11-17)6-5-7-18(28)26-29/h5-6,8-11,13H,7H2,1-4H3/b6-5+. The van der Waals surface area contributed by atoms with Gasteiger partial charge in [-0.3, -0.25) is 14.4 Å². The molecule has 30 heavy (non-hydrogen) atoms. The number of hydrogen-bond donors (Lipinski definition) is 0. The van der Waals surface area contributed by atoms with Gasteiger partial charge in [0.15, 0.2) is 5.82 Å². The number of thiophene rings is 1. The second-order valence-corrected chi connectivity index (χ2v) is 8.47. The Balaban J connectivity index is 1.76. The monoisotopic (exact) mass is 419 g/mol. The summed E-state index contributed by atoms with van der Waals surface area (Å²) in [5, 5.41) is 12.2. The van der Waals surface area contributed by atoms with Crippen molar-refractivity contribution in [1.82, 2.24) is 14.8 Å². The summed E-state index contributed by atoms with van der Waals surface area (Å²) in [6, 6.07) is 7.88. The fraction of sp³-hybridized carbons (Fsp3) is 0.273. The number of amides is 1. The molecule has 1 aliphatic heterocycles. The number of benzene rings is 1. The van der Waals surface area contributed by atoms with E-state index in [1.807, 2.05) is 38.1 Å². The number of nitroso groups, excluding NO2 is 1. The van der Waals surface area contributed by atoms with Gasteiger partial charge in [-0.15, -0.1) is 26.4 Å². The Labute approximate surface area is 178 Å². The lowest BCUT2D eigenvalue weighted by Gasteiger charge is -2.10. The number of aliphatic imine (C=N–C) groups is 1. The van der Waals surface area contributed by atoms with Crippen molar-refractivity contribution >= 4 is 29.0 Å². The predicted molar refractivity (Wildman–Crippen MR) is 118 cm³/mol. The molecular weight excluding hydrogens is 398 g/mol. The largest absolute Gasteiger partial charge is 0.290 e. The van der Waals surface area contributed by atoms with E-state index in [1.54, 1.807) is 23.5 Å². The predicted octanol–water partition coefficient (Wildman–Crippen LogP) is 4.86. The maximum absolute atomic E-state index is 11.0. The van der Waals surface area contributed by atoms with Gasteiger partial charge in [-0.1, -0.05) is 36.4 Å². The van der Waals surface area contributed by atoms with Gasteiger partial charge in [0.1, 0.15) is 16.9 Å². The van der Waals surface area contributed by atoms with Gasteiger partial charge in [0.05, 0.1) is 12.1 Å². The summed E-state index contributed by atoms with van der Waals surface area (Å²) in [6.45, 7) is 8.26. The molecule has 8 heteroatoms. The Kier molecular flexibility index (Phi) is 5.26. The van der Waals surface area contributed by atoms with E-state index in [9.17, 15) is 9.70 Å². The van der Waals surface area contributed by atoms with E-state index in [0.29, 0.717) is 0 Å². The summed E-state index contributed by atoms with van der Waals surface area (Å²) in [5.41, 5.74) is 5.23. The molecule has 1 aliphatic rings. The average molecular weight is 420 g/mol. The first-order chi connectivity index (χ1) is 14.4. The van der Waals surface area contributed by atoms with Gasteiger partial charge in [0, 0.05) is 21.2 Å². The molecule has 0 aliphatic carbocycles. The lowest BCUT2D eigenvalue weighted by atomic mass is 9.98. The Morgan fingerprint density at radius 2 is 1.93 bits per heavy atom. The molecule has 0 fully saturated rings. The van der Waals surface area contributed by atoms with E-state index in [1.165, 1.54) is 10.4 Å². The molecule has 3 heterocycles. The maximum atomic E-state index is 11.0. The molecule has 3 aromatic rings. The summed E-state index contributed by atoms with van der Waals surface area (Å²) in [6.07, 6.45) is 3.45. The molecule has 0 saturated carbocycles. The zero-order valence-corrected chi connectivity index (χ0v) is 18.0. The third-order valence-corrected chi connectivity index (χ3v) is 6.43. The van der Waals surface area contributed by atoms with Crippen LogP contribution in [0.15, 0.2) is 40.5 Å². The molecule has 0 N–H and O–H groups in total. The molecule has 2 aromatic heterocycles. The highest BCUT2D eigenvalue weighted by atomic mass is 32.1. The van der Waals surface area contributed by atoms with Crippen LogP contribution < -0.4 is 0 Å². The van der Waals surface area contributed by atoms with Gasteiger partial charge < -0.3 is 0 Å². The molecule has 152 valence electrons. The van der Waals surface area contributed by atoms with Crippen molar-refractivity contribution in [2.45, 2.75) is 40.2 Å². The highest BCUT2D eigenvalue weighted by molar-refractivity contribution is 7.15. The second kappa shape index (κ2) is 7.87. The molecule has 1 aromatic carbocycles. The van der Waals surface area contributed by atoms with Crippen LogP contribution in [0.1, 0.15) is 58.2 Å². The number of aryl methyl sites for hydroxylation is 2. The summed E-state index contributed by atoms with van der Waals surface area (Å²) < 4.78 is 2.12. The van der Waals surface area contributed by atoms with E-state index < -0.39 is 5.91 Å². The number of nitrogens with zero attached hydrogens (tertiary/aromatic N) is 5. The molecule has 1 unspecified atom stereocenters. The highest BCUT2D eigenvalue weighted by Crippen LogP contribution is 2.38. The minimum atomic E-state index is -0.678. The Morgan fingerprint density at radius 3 is 2.63 bits per heavy atom. The zero-order valence-electron chi connectivity index (χ0n) is 17.2. The van der Waals surface area contributed by atoms with Crippen LogP contribution in [0.5, 0.6) is 0 Å². The molecule has 1 amide bonds. The van der Waals surface area contributed by atoms with E-state index in [0.717, 1.165) is 39.1 Å². The minimum absolute atomic E-state index is 0.00502. The zero-order chi connectivity index (χ0) is 21.4. The minimum Gasteiger partial charge on any atom is -0.273 e. The van der Waals surface area contributed by atoms with Crippen molar-refractivity contribution in [3.05, 3.63) is 74.0 Å². The van der Waals surface area contributed by atoms with Crippen molar-refractivity contribution in [1.29, 1.82) is 0 Å². The summed E-state index contributed by atoms with van der Waals surface area (Å²) in [5.74, 6) is 1.02. The SMILES string of the molecule is Cc1sc2c(c1C)C(c1ccc(/C=C/CC(=O)N=O)cc1)=NC(C)c1nnc(C)n1-2. The van der Waals surface area contributed by atoms with Crippen LogP contribution in [-0.4, -0.2) is 26.4 Å². The van der Waals surface area contributed by atoms with Gasteiger partial charge >= 0.3 is 0 Å². The number of rotatable bonds is 4. The first-order valence-corrected chi connectivity index (χ1v) is 10.5. The summed E-state index contributed by atoms with van der Waals surface area (Å²) in [7, 11) is 0. The molecule has 0 bridgehead atoms. The highest BCUT2D eigenvalue weighted by Gasteiger charge is 2.29. The molecule has 1 atom stereocenters. The number of fused-ring (bicyclic) bond motifs is 3. The maximum Gasteiger partial charge on any atom is 0.290 e. The quantitative estimate of drug-likeness (QED) is 0.565. The third-order valence-electron chi connectivity index (χ3n) is 5.24. The van der Waals surface area contributed by atoms with Crippen LogP contribution in [0, 0.1) is 25.7 Å². The number of aromatic nitrogens is 3. The molecule has 0 spiro atoms. The molecule has 4 rings (SSSR count). The van der Waals surface area contributed by atoms with E-state index in [-0.39, 0.29) is 12.5 Å². The van der Waals surface area contributed by atoms with Gasteiger partial charge in [0.25, 0.3) is 5.91 Å². The summed E-state index contributed by atoms with van der Waals surface area (Å²) >= 11 is 1.74. The topological polar surface area (TPSA) is 89.6 Å². The average Bonchev–Trinajstić information content (AvgIpc) is 3.22. The van der Waals surface area contributed by atoms with Crippen LogP contribution in [0.4, 0.5) is 0 Å². The van der Waals surface area contributed by atoms with Crippen LogP contribution in [0.25, 0.3) is 11.1 Å². The van der Waals surface area contributed by atoms with Crippen LogP contribution in [0.2, 0.25) is 0 Å². The van der Waals surface area contributed by atoms with Crippen molar-refractivity contribution in [3.63, 3.8) is 0 Å². The molecular formula is C22H21N5O2S. The van der Waals surface area contributed by atoms with Gasteiger partial charge in [-0.2, -0.15) is 0 Å². The Hall–Kier alpha value is -3.26. The smallest absolute Gasteiger partial charge is 0.273 e. The normalized spacial score (nSPS) is 15.5. The van der Waals surface area contributed by atoms with Crippen LogP contribution >= 0.6 is 11.3 Å². The van der Waals surface area contributed by atoms with Gasteiger partial charge in [0.2, 0.25) is 0 Å². The number of hydrogen-bond acceptors (Lipinski definition) is 6. The van der Waals surface area contributed by atoms with Crippen molar-refractivity contribution in [3.8, 4) is 5.00 Å². The number of carbonyl (C=O) groups excluding carboxylic acids is 1. The van der Waals surface area contributed by atoms with Gasteiger partial charge in [-0.25, -0.2) is 0 Å². The molecule has 7 nitrogen and oxygen atoms in total. The van der Waals surface area contributed by atoms with E-state index >= 15 is 0 Å². The van der Waals surface area contributed by atoms with Crippen LogP contribution in [0.3, 0.4) is 0 Å². The lowest BCUT2D eigenvalue weighted by Crippen LogP contribution is -2.07. The number of carbonyl (C=O) groups is 1. The van der Waals surface area contributed by atoms with Crippen molar-refractivity contribution in [2.24, 2.45) is 10.2 Å². The van der Waals surface area contributed by atoms with Crippen molar-refractivity contribution in [2.75, 3.05) is 0 Å². The third kappa shape index (κ3) is 3.43. The van der Waals surface area contributed by atoms with E-state index in [4.69, 9.17) is 4.99 Å². The van der Waals surface area contributed by atoms with E-state index in [2.05, 4.69) is 33.8 Å². The summed E-state index contributed by atoms with van der Waals surface area (Å²) in [4.78, 5) is 27.5. The molecule has 0 saturated heterocycles. The first kappa shape index (κ1) is 20.0. The Morgan fingerprint density at radius 1 is 1.20 bits per heavy atom. The van der Waals surface area contributed by atoms with Crippen molar-refractivity contribution < 1.29 is 4.79 Å². The second-order valence-electron chi connectivity index (χ2n) is 7.27. The Bertz CT molecular complexity index is 1200. The first-order valence-electron chi connectivity index (χ1n) is 9.64.